The Balaban J connectivity index is 2.05. The normalized spacial score (nSPS) is 19.7. The number of nitrogens with zero attached hydrogens (tertiary/aromatic N) is 4. The summed E-state index contributed by atoms with van der Waals surface area (Å²) in [6.45, 7) is 7.47. The highest BCUT2D eigenvalue weighted by Gasteiger charge is 2.28. The van der Waals surface area contributed by atoms with Crippen molar-refractivity contribution in [1.82, 2.24) is 19.7 Å². The molecule has 0 aliphatic carbocycles. The summed E-state index contributed by atoms with van der Waals surface area (Å²) >= 11 is 0. The summed E-state index contributed by atoms with van der Waals surface area (Å²) in [6, 6.07) is 2.28. The van der Waals surface area contributed by atoms with Crippen LogP contribution in [0.3, 0.4) is 0 Å². The van der Waals surface area contributed by atoms with Gasteiger partial charge in [0.25, 0.3) is 5.91 Å². The van der Waals surface area contributed by atoms with Crippen molar-refractivity contribution in [3.8, 4) is 0 Å². The Labute approximate surface area is 143 Å². The SMILES string of the molecule is CCC(C)n1ncc2c(C(=O)N3CCCCC3CN)cc(C)nc21. The lowest BCUT2D eigenvalue weighted by molar-refractivity contribution is 0.0625. The molecule has 1 aliphatic heterocycles. The van der Waals surface area contributed by atoms with E-state index in [-0.39, 0.29) is 18.0 Å². The number of fused-ring (bicyclic) bond motifs is 1. The summed E-state index contributed by atoms with van der Waals surface area (Å²) in [7, 11) is 0. The Morgan fingerprint density at radius 2 is 2.25 bits per heavy atom. The number of rotatable bonds is 4. The molecule has 1 amide bonds. The molecule has 0 aromatic carbocycles. The molecule has 3 heterocycles. The van der Waals surface area contributed by atoms with Crippen molar-refractivity contribution in [2.24, 2.45) is 5.73 Å². The van der Waals surface area contributed by atoms with Gasteiger partial charge in [0.05, 0.1) is 23.2 Å². The first-order valence-electron chi connectivity index (χ1n) is 8.92. The van der Waals surface area contributed by atoms with Crippen LogP contribution in [-0.4, -0.2) is 44.7 Å². The second-order valence-corrected chi connectivity index (χ2v) is 6.78. The number of likely N-dealkylation sites (tertiary alicyclic amines) is 1. The van der Waals surface area contributed by atoms with E-state index in [1.807, 2.05) is 22.6 Å². The molecule has 2 unspecified atom stereocenters. The van der Waals surface area contributed by atoms with Gasteiger partial charge in [-0.3, -0.25) is 4.79 Å². The number of carbonyl (C=O) groups excluding carboxylic acids is 1. The van der Waals surface area contributed by atoms with Crippen molar-refractivity contribution in [2.75, 3.05) is 13.1 Å². The van der Waals surface area contributed by atoms with Gasteiger partial charge in [0, 0.05) is 24.8 Å². The molecular formula is C18H27N5O. The second-order valence-electron chi connectivity index (χ2n) is 6.78. The number of piperidine rings is 1. The van der Waals surface area contributed by atoms with Crippen LogP contribution in [0, 0.1) is 6.92 Å². The second kappa shape index (κ2) is 6.89. The van der Waals surface area contributed by atoms with Crippen molar-refractivity contribution in [3.63, 3.8) is 0 Å². The number of amides is 1. The van der Waals surface area contributed by atoms with E-state index in [1.165, 1.54) is 0 Å². The van der Waals surface area contributed by atoms with Crippen LogP contribution in [0.25, 0.3) is 11.0 Å². The minimum Gasteiger partial charge on any atom is -0.334 e. The molecule has 3 rings (SSSR count). The van der Waals surface area contributed by atoms with Crippen molar-refractivity contribution in [1.29, 1.82) is 0 Å². The van der Waals surface area contributed by atoms with Crippen LogP contribution < -0.4 is 5.73 Å². The number of pyridine rings is 1. The molecule has 6 nitrogen and oxygen atoms in total. The summed E-state index contributed by atoms with van der Waals surface area (Å²) < 4.78 is 1.93. The first kappa shape index (κ1) is 16.9. The maximum Gasteiger partial charge on any atom is 0.255 e. The van der Waals surface area contributed by atoms with Crippen molar-refractivity contribution in [2.45, 2.75) is 58.5 Å². The zero-order valence-electron chi connectivity index (χ0n) is 14.8. The van der Waals surface area contributed by atoms with Crippen LogP contribution in [0.4, 0.5) is 0 Å². The molecule has 24 heavy (non-hydrogen) atoms. The first-order valence-corrected chi connectivity index (χ1v) is 8.92. The third-order valence-electron chi connectivity index (χ3n) is 5.09. The molecule has 130 valence electrons. The van der Waals surface area contributed by atoms with E-state index in [4.69, 9.17) is 5.73 Å². The van der Waals surface area contributed by atoms with Gasteiger partial charge in [-0.2, -0.15) is 5.10 Å². The molecule has 2 atom stereocenters. The van der Waals surface area contributed by atoms with Crippen molar-refractivity contribution < 1.29 is 4.79 Å². The van der Waals surface area contributed by atoms with E-state index in [0.29, 0.717) is 12.1 Å². The summed E-state index contributed by atoms with van der Waals surface area (Å²) in [5.41, 5.74) is 8.24. The summed E-state index contributed by atoms with van der Waals surface area (Å²) in [5.74, 6) is 0.0596. The number of hydrogen-bond acceptors (Lipinski definition) is 4. The fraction of sp³-hybridized carbons (Fsp3) is 0.611. The van der Waals surface area contributed by atoms with Crippen molar-refractivity contribution >= 4 is 16.9 Å². The number of nitrogens with two attached hydrogens (primary N) is 1. The van der Waals surface area contributed by atoms with Crippen LogP contribution in [-0.2, 0) is 0 Å². The summed E-state index contributed by atoms with van der Waals surface area (Å²) in [5, 5.41) is 5.33. The van der Waals surface area contributed by atoms with Gasteiger partial charge in [-0.1, -0.05) is 6.92 Å². The highest BCUT2D eigenvalue weighted by Crippen LogP contribution is 2.26. The zero-order valence-corrected chi connectivity index (χ0v) is 14.8. The predicted octanol–water partition coefficient (Wildman–Crippen LogP) is 2.66. The molecule has 0 spiro atoms. The lowest BCUT2D eigenvalue weighted by atomic mass is 10.00. The number of aryl methyl sites for hydroxylation is 1. The quantitative estimate of drug-likeness (QED) is 0.935. The van der Waals surface area contributed by atoms with E-state index in [1.54, 1.807) is 6.20 Å². The van der Waals surface area contributed by atoms with Crippen molar-refractivity contribution in [3.05, 3.63) is 23.5 Å². The summed E-state index contributed by atoms with van der Waals surface area (Å²) in [4.78, 5) is 19.8. The molecule has 1 saturated heterocycles. The van der Waals surface area contributed by atoms with Gasteiger partial charge in [0.1, 0.15) is 0 Å². The minimum atomic E-state index is 0.0596. The van der Waals surface area contributed by atoms with Crippen LogP contribution >= 0.6 is 0 Å². The van der Waals surface area contributed by atoms with E-state index >= 15 is 0 Å². The monoisotopic (exact) mass is 329 g/mol. The molecule has 0 bridgehead atoms. The van der Waals surface area contributed by atoms with E-state index in [0.717, 1.165) is 49.0 Å². The van der Waals surface area contributed by atoms with Crippen LogP contribution in [0.1, 0.15) is 61.6 Å². The highest BCUT2D eigenvalue weighted by molar-refractivity contribution is 6.05. The van der Waals surface area contributed by atoms with E-state index in [2.05, 4.69) is 23.9 Å². The van der Waals surface area contributed by atoms with Gasteiger partial charge in [-0.15, -0.1) is 0 Å². The Kier molecular flexibility index (Phi) is 4.85. The Morgan fingerprint density at radius 1 is 1.46 bits per heavy atom. The molecule has 0 saturated carbocycles. The maximum atomic E-state index is 13.2. The molecule has 6 heteroatoms. The van der Waals surface area contributed by atoms with Gasteiger partial charge in [0.15, 0.2) is 5.65 Å². The predicted molar refractivity (Wildman–Crippen MR) is 95.0 cm³/mol. The number of aromatic nitrogens is 3. The first-order chi connectivity index (χ1) is 11.6. The zero-order chi connectivity index (χ0) is 17.3. The van der Waals surface area contributed by atoms with Gasteiger partial charge in [-0.05, 0) is 45.6 Å². The van der Waals surface area contributed by atoms with E-state index in [9.17, 15) is 4.79 Å². The maximum absolute atomic E-state index is 13.2. The molecule has 1 fully saturated rings. The highest BCUT2D eigenvalue weighted by atomic mass is 16.2. The fourth-order valence-electron chi connectivity index (χ4n) is 3.48. The topological polar surface area (TPSA) is 77.0 Å². The average Bonchev–Trinajstić information content (AvgIpc) is 3.03. The minimum absolute atomic E-state index is 0.0596. The lowest BCUT2D eigenvalue weighted by Gasteiger charge is -2.35. The Morgan fingerprint density at radius 3 is 2.96 bits per heavy atom. The standard InChI is InChI=1S/C18H27N5O/c1-4-13(3)23-17-16(11-20-23)15(9-12(2)21-17)18(24)22-8-6-5-7-14(22)10-19/h9,11,13-14H,4-8,10,19H2,1-3H3. The van der Waals surface area contributed by atoms with E-state index < -0.39 is 0 Å². The lowest BCUT2D eigenvalue weighted by Crippen LogP contribution is -2.47. The van der Waals surface area contributed by atoms with Gasteiger partial charge >= 0.3 is 0 Å². The average molecular weight is 329 g/mol. The summed E-state index contributed by atoms with van der Waals surface area (Å²) in [6.07, 6.45) is 5.92. The number of hydrogen-bond donors (Lipinski definition) is 1. The molecule has 2 aromatic rings. The van der Waals surface area contributed by atoms with Crippen LogP contribution in [0.2, 0.25) is 0 Å². The molecule has 0 radical (unpaired) electrons. The van der Waals surface area contributed by atoms with Gasteiger partial charge in [0.2, 0.25) is 0 Å². The largest absolute Gasteiger partial charge is 0.334 e. The fourth-order valence-corrected chi connectivity index (χ4v) is 3.48. The third-order valence-corrected chi connectivity index (χ3v) is 5.09. The Hall–Kier alpha value is -1.95. The number of carbonyl (C=O) groups is 1. The molecule has 1 aliphatic rings. The van der Waals surface area contributed by atoms with Crippen LogP contribution in [0.5, 0.6) is 0 Å². The van der Waals surface area contributed by atoms with Crippen LogP contribution in [0.15, 0.2) is 12.3 Å². The van der Waals surface area contributed by atoms with Gasteiger partial charge in [-0.25, -0.2) is 9.67 Å². The molecule has 2 N–H and O–H groups in total. The molecular weight excluding hydrogens is 302 g/mol. The van der Waals surface area contributed by atoms with Gasteiger partial charge < -0.3 is 10.6 Å². The smallest absolute Gasteiger partial charge is 0.255 e. The molecule has 2 aromatic heterocycles. The Bertz CT molecular complexity index is 738. The third kappa shape index (κ3) is 2.90.